The van der Waals surface area contributed by atoms with Crippen LogP contribution < -0.4 is 5.32 Å². The third-order valence-electron chi connectivity index (χ3n) is 5.49. The Morgan fingerprint density at radius 3 is 2.48 bits per heavy atom. The van der Waals surface area contributed by atoms with E-state index >= 15 is 0 Å². The highest BCUT2D eigenvalue weighted by molar-refractivity contribution is 5.95. The minimum atomic E-state index is -0.300. The molecule has 1 atom stereocenters. The Kier molecular flexibility index (Phi) is 4.20. The Bertz CT molecular complexity index is 412. The monoisotopic (exact) mass is 294 g/mol. The topological polar surface area (TPSA) is 58.6 Å². The third-order valence-corrected chi connectivity index (χ3v) is 5.49. The zero-order valence-electron chi connectivity index (χ0n) is 12.9. The van der Waals surface area contributed by atoms with E-state index in [1.165, 1.54) is 19.3 Å². The Labute approximate surface area is 126 Å². The molecule has 118 valence electrons. The van der Waals surface area contributed by atoms with E-state index in [-0.39, 0.29) is 29.9 Å². The van der Waals surface area contributed by atoms with Crippen LogP contribution in [0.25, 0.3) is 0 Å². The molecule has 1 aliphatic carbocycles. The van der Waals surface area contributed by atoms with E-state index in [0.29, 0.717) is 19.1 Å². The van der Waals surface area contributed by atoms with E-state index in [0.717, 1.165) is 25.7 Å². The smallest absolute Gasteiger partial charge is 0.246 e. The molecule has 1 N–H and O–H groups in total. The quantitative estimate of drug-likeness (QED) is 0.839. The van der Waals surface area contributed by atoms with E-state index in [9.17, 15) is 9.59 Å². The Balaban J connectivity index is 1.77. The molecule has 2 aliphatic heterocycles. The van der Waals surface area contributed by atoms with Crippen LogP contribution in [0.15, 0.2) is 0 Å². The van der Waals surface area contributed by atoms with Crippen LogP contribution in [0.1, 0.15) is 51.9 Å². The molecule has 1 unspecified atom stereocenters. The van der Waals surface area contributed by atoms with Gasteiger partial charge in [-0.1, -0.05) is 19.3 Å². The van der Waals surface area contributed by atoms with Gasteiger partial charge in [-0.15, -0.1) is 0 Å². The Morgan fingerprint density at radius 2 is 1.81 bits per heavy atom. The van der Waals surface area contributed by atoms with Crippen LogP contribution in [0.5, 0.6) is 0 Å². The van der Waals surface area contributed by atoms with Gasteiger partial charge in [0.1, 0.15) is 12.6 Å². The average Bonchev–Trinajstić information content (AvgIpc) is 2.51. The van der Waals surface area contributed by atoms with Gasteiger partial charge in [0.15, 0.2) is 0 Å². The minimum Gasteiger partial charge on any atom is -0.381 e. The van der Waals surface area contributed by atoms with Crippen LogP contribution >= 0.6 is 0 Å². The summed E-state index contributed by atoms with van der Waals surface area (Å²) < 4.78 is 5.42. The van der Waals surface area contributed by atoms with Gasteiger partial charge in [-0.3, -0.25) is 9.59 Å². The lowest BCUT2D eigenvalue weighted by Gasteiger charge is -2.48. The van der Waals surface area contributed by atoms with Gasteiger partial charge in [0.05, 0.1) is 0 Å². The molecule has 5 heteroatoms. The highest BCUT2D eigenvalue weighted by Crippen LogP contribution is 2.33. The van der Waals surface area contributed by atoms with Crippen LogP contribution in [0, 0.1) is 5.92 Å². The second-order valence-corrected chi connectivity index (χ2v) is 6.98. The van der Waals surface area contributed by atoms with E-state index < -0.39 is 0 Å². The van der Waals surface area contributed by atoms with Gasteiger partial charge in [0.25, 0.3) is 0 Å². The molecule has 2 saturated heterocycles. The van der Waals surface area contributed by atoms with E-state index in [2.05, 4.69) is 12.2 Å². The zero-order chi connectivity index (χ0) is 14.9. The van der Waals surface area contributed by atoms with Crippen molar-refractivity contribution in [2.24, 2.45) is 5.92 Å². The van der Waals surface area contributed by atoms with Gasteiger partial charge in [-0.25, -0.2) is 0 Å². The molecule has 0 aromatic heterocycles. The molecule has 0 spiro atoms. The van der Waals surface area contributed by atoms with Crippen LogP contribution in [-0.4, -0.2) is 48.1 Å². The number of ether oxygens (including phenoxy) is 1. The maximum atomic E-state index is 12.9. The number of carbonyl (C=O) groups excluding carboxylic acids is 2. The second-order valence-electron chi connectivity index (χ2n) is 6.98. The fourth-order valence-corrected chi connectivity index (χ4v) is 4.00. The standard InChI is InChI=1S/C16H26N2O3/c1-16(7-9-21-10-8-16)18-11-13(19)17-14(15(18)20)12-5-3-2-4-6-12/h12,14H,2-11H2,1H3,(H,17,19). The minimum absolute atomic E-state index is 0.00195. The van der Waals surface area contributed by atoms with Crippen LogP contribution in [0.2, 0.25) is 0 Å². The molecule has 5 nitrogen and oxygen atoms in total. The number of nitrogens with one attached hydrogen (secondary N) is 1. The molecule has 2 heterocycles. The largest absolute Gasteiger partial charge is 0.381 e. The Morgan fingerprint density at radius 1 is 1.14 bits per heavy atom. The van der Waals surface area contributed by atoms with E-state index in [1.54, 1.807) is 0 Å². The normalized spacial score (nSPS) is 31.1. The number of nitrogens with zero attached hydrogens (tertiary/aromatic N) is 1. The average molecular weight is 294 g/mol. The summed E-state index contributed by atoms with van der Waals surface area (Å²) >= 11 is 0. The van der Waals surface area contributed by atoms with Crippen molar-refractivity contribution in [3.63, 3.8) is 0 Å². The predicted octanol–water partition coefficient (Wildman–Crippen LogP) is 1.46. The van der Waals surface area contributed by atoms with Gasteiger partial charge in [-0.05, 0) is 38.5 Å². The van der Waals surface area contributed by atoms with Crippen molar-refractivity contribution in [1.82, 2.24) is 10.2 Å². The fraction of sp³-hybridized carbons (Fsp3) is 0.875. The summed E-state index contributed by atoms with van der Waals surface area (Å²) in [6.45, 7) is 3.66. The SMILES string of the molecule is CC1(N2CC(=O)NC(C3CCCCC3)C2=O)CCOCC1. The first-order chi connectivity index (χ1) is 10.1. The second kappa shape index (κ2) is 5.95. The number of hydrogen-bond donors (Lipinski definition) is 1. The summed E-state index contributed by atoms with van der Waals surface area (Å²) in [5.41, 5.74) is -0.222. The van der Waals surface area contributed by atoms with Crippen molar-refractivity contribution in [2.75, 3.05) is 19.8 Å². The van der Waals surface area contributed by atoms with Crippen molar-refractivity contribution < 1.29 is 14.3 Å². The molecule has 21 heavy (non-hydrogen) atoms. The molecule has 3 rings (SSSR count). The molecule has 3 fully saturated rings. The molecule has 2 amide bonds. The number of piperazine rings is 1. The van der Waals surface area contributed by atoms with Crippen molar-refractivity contribution in [1.29, 1.82) is 0 Å². The lowest BCUT2D eigenvalue weighted by Crippen LogP contribution is -2.66. The van der Waals surface area contributed by atoms with Gasteiger partial charge in [0.2, 0.25) is 11.8 Å². The molecule has 1 saturated carbocycles. The molecule has 0 aromatic rings. The summed E-state index contributed by atoms with van der Waals surface area (Å²) in [6, 6.07) is -0.300. The summed E-state index contributed by atoms with van der Waals surface area (Å²) in [5.74, 6) is 0.449. The molecule has 0 aromatic carbocycles. The highest BCUT2D eigenvalue weighted by atomic mass is 16.5. The first kappa shape index (κ1) is 14.8. The molecular weight excluding hydrogens is 268 g/mol. The van der Waals surface area contributed by atoms with Gasteiger partial charge in [0, 0.05) is 18.8 Å². The van der Waals surface area contributed by atoms with Crippen LogP contribution in [0.3, 0.4) is 0 Å². The number of rotatable bonds is 2. The Hall–Kier alpha value is -1.10. The van der Waals surface area contributed by atoms with Crippen LogP contribution in [-0.2, 0) is 14.3 Å². The summed E-state index contributed by atoms with van der Waals surface area (Å²) in [6.07, 6.45) is 7.37. The fourth-order valence-electron chi connectivity index (χ4n) is 4.00. The van der Waals surface area contributed by atoms with Crippen LogP contribution in [0.4, 0.5) is 0 Å². The van der Waals surface area contributed by atoms with Crippen molar-refractivity contribution >= 4 is 11.8 Å². The molecular formula is C16H26N2O3. The third kappa shape index (κ3) is 2.93. The molecule has 0 bridgehead atoms. The van der Waals surface area contributed by atoms with Crippen molar-refractivity contribution in [3.8, 4) is 0 Å². The summed E-state index contributed by atoms with van der Waals surface area (Å²) in [5, 5.41) is 2.96. The maximum absolute atomic E-state index is 12.9. The van der Waals surface area contributed by atoms with Crippen molar-refractivity contribution in [3.05, 3.63) is 0 Å². The number of carbonyl (C=O) groups is 2. The maximum Gasteiger partial charge on any atom is 0.246 e. The van der Waals surface area contributed by atoms with Gasteiger partial charge < -0.3 is 15.0 Å². The zero-order valence-corrected chi connectivity index (χ0v) is 12.9. The summed E-state index contributed by atoms with van der Waals surface area (Å²) in [7, 11) is 0. The number of hydrogen-bond acceptors (Lipinski definition) is 3. The van der Waals surface area contributed by atoms with Crippen molar-refractivity contribution in [2.45, 2.75) is 63.5 Å². The summed E-state index contributed by atoms with van der Waals surface area (Å²) in [4.78, 5) is 26.9. The lowest BCUT2D eigenvalue weighted by atomic mass is 9.81. The molecule has 0 radical (unpaired) electrons. The molecule has 3 aliphatic rings. The highest BCUT2D eigenvalue weighted by Gasteiger charge is 2.45. The predicted molar refractivity (Wildman–Crippen MR) is 78.7 cm³/mol. The number of amides is 2. The van der Waals surface area contributed by atoms with E-state index in [1.807, 2.05) is 4.90 Å². The lowest BCUT2D eigenvalue weighted by molar-refractivity contribution is -0.156. The first-order valence-corrected chi connectivity index (χ1v) is 8.29. The van der Waals surface area contributed by atoms with E-state index in [4.69, 9.17) is 4.74 Å². The van der Waals surface area contributed by atoms with Gasteiger partial charge >= 0.3 is 0 Å². The first-order valence-electron chi connectivity index (χ1n) is 8.29. The van der Waals surface area contributed by atoms with Gasteiger partial charge in [-0.2, -0.15) is 0 Å².